The van der Waals surface area contributed by atoms with Gasteiger partial charge < -0.3 is 4.31 Å². The maximum Gasteiger partial charge on any atom is 0.0933 e. The van der Waals surface area contributed by atoms with E-state index >= 15 is 0 Å². The van der Waals surface area contributed by atoms with Gasteiger partial charge in [-0.05, 0) is 19.4 Å². The van der Waals surface area contributed by atoms with E-state index in [2.05, 4.69) is 40.9 Å². The van der Waals surface area contributed by atoms with E-state index in [1.807, 2.05) is 12.1 Å². The van der Waals surface area contributed by atoms with Gasteiger partial charge in [-0.25, -0.2) is 0 Å². The molecule has 1 heterocycles. The standard InChI is InChI=1S/C11H14N2S/c1-3-9(2)13-8-10-6-4-5-7-11(10)12-14-13/h4-9H,3H2,1-2H3. The number of hydrogen-bond acceptors (Lipinski definition) is 3. The first-order valence-corrected chi connectivity index (χ1v) is 5.64. The van der Waals surface area contributed by atoms with Crippen LogP contribution in [0.5, 0.6) is 0 Å². The Hall–Kier alpha value is -0.960. The quantitative estimate of drug-likeness (QED) is 0.685. The average molecular weight is 206 g/mol. The summed E-state index contributed by atoms with van der Waals surface area (Å²) in [4.78, 5) is 0. The highest BCUT2D eigenvalue weighted by Gasteiger charge is 2.10. The number of fused-ring (bicyclic) bond motifs is 1. The smallest absolute Gasteiger partial charge is 0.0933 e. The maximum absolute atomic E-state index is 4.45. The van der Waals surface area contributed by atoms with E-state index in [0.29, 0.717) is 6.04 Å². The summed E-state index contributed by atoms with van der Waals surface area (Å²) in [5, 5.41) is 2.30. The zero-order valence-electron chi connectivity index (χ0n) is 8.47. The van der Waals surface area contributed by atoms with Crippen LogP contribution >= 0.6 is 12.1 Å². The minimum Gasteiger partial charge on any atom is -0.301 e. The third kappa shape index (κ3) is 1.77. The van der Waals surface area contributed by atoms with Crippen LogP contribution in [0.15, 0.2) is 28.7 Å². The van der Waals surface area contributed by atoms with Crippen LogP contribution in [0.4, 0.5) is 0 Å². The lowest BCUT2D eigenvalue weighted by Crippen LogP contribution is -2.33. The van der Waals surface area contributed by atoms with Crippen molar-refractivity contribution in [2.24, 2.45) is 4.40 Å². The summed E-state index contributed by atoms with van der Waals surface area (Å²) in [6.07, 6.45) is 3.32. The SMILES string of the molecule is CCC(C)N1C=c2ccccc2=NS1. The largest absolute Gasteiger partial charge is 0.301 e. The van der Waals surface area contributed by atoms with E-state index < -0.39 is 0 Å². The predicted molar refractivity (Wildman–Crippen MR) is 60.9 cm³/mol. The number of nitrogens with zero attached hydrogens (tertiary/aromatic N) is 2. The number of benzene rings is 1. The van der Waals surface area contributed by atoms with Gasteiger partial charge in [0, 0.05) is 17.5 Å². The monoisotopic (exact) mass is 206 g/mol. The fraction of sp³-hybridized carbons (Fsp3) is 0.364. The first kappa shape index (κ1) is 9.59. The Bertz CT molecular complexity index is 427. The molecular formula is C11H14N2S. The van der Waals surface area contributed by atoms with Gasteiger partial charge in [0.1, 0.15) is 0 Å². The van der Waals surface area contributed by atoms with Crippen LogP contribution in [0.25, 0.3) is 6.20 Å². The van der Waals surface area contributed by atoms with Crippen LogP contribution in [-0.4, -0.2) is 10.3 Å². The average Bonchev–Trinajstić information content (AvgIpc) is 2.27. The highest BCUT2D eigenvalue weighted by Crippen LogP contribution is 2.18. The summed E-state index contributed by atoms with van der Waals surface area (Å²) in [5.74, 6) is 0. The fourth-order valence-corrected chi connectivity index (χ4v) is 2.14. The maximum atomic E-state index is 4.45. The molecule has 2 rings (SSSR count). The molecule has 0 amide bonds. The summed E-state index contributed by atoms with van der Waals surface area (Å²) in [6, 6.07) is 8.77. The molecule has 0 N–H and O–H groups in total. The van der Waals surface area contributed by atoms with Crippen molar-refractivity contribution >= 4 is 18.3 Å². The second-order valence-corrected chi connectivity index (χ2v) is 4.25. The molecule has 14 heavy (non-hydrogen) atoms. The molecular weight excluding hydrogens is 192 g/mol. The molecule has 1 aromatic rings. The molecule has 1 aliphatic rings. The van der Waals surface area contributed by atoms with E-state index in [1.165, 1.54) is 5.22 Å². The molecule has 0 spiro atoms. The third-order valence-electron chi connectivity index (χ3n) is 2.46. The summed E-state index contributed by atoms with van der Waals surface area (Å²) in [5.41, 5.74) is 0. The van der Waals surface area contributed by atoms with E-state index in [9.17, 15) is 0 Å². The minimum atomic E-state index is 0.539. The van der Waals surface area contributed by atoms with Crippen LogP contribution in [0.2, 0.25) is 0 Å². The second-order valence-electron chi connectivity index (χ2n) is 3.48. The Morgan fingerprint density at radius 2 is 2.21 bits per heavy atom. The van der Waals surface area contributed by atoms with Gasteiger partial charge >= 0.3 is 0 Å². The van der Waals surface area contributed by atoms with Crippen molar-refractivity contribution in [1.82, 2.24) is 4.31 Å². The zero-order valence-corrected chi connectivity index (χ0v) is 9.29. The molecule has 0 bridgehead atoms. The van der Waals surface area contributed by atoms with Gasteiger partial charge in [-0.15, -0.1) is 0 Å². The van der Waals surface area contributed by atoms with Crippen LogP contribution in [0.1, 0.15) is 20.3 Å². The Labute approximate surface area is 88.6 Å². The number of hydrogen-bond donors (Lipinski definition) is 0. The van der Waals surface area contributed by atoms with Crippen molar-refractivity contribution < 1.29 is 0 Å². The molecule has 0 saturated carbocycles. The lowest BCUT2D eigenvalue weighted by molar-refractivity contribution is 0.487. The summed E-state index contributed by atoms with van der Waals surface area (Å²) < 4.78 is 6.67. The van der Waals surface area contributed by atoms with Crippen molar-refractivity contribution in [3.63, 3.8) is 0 Å². The van der Waals surface area contributed by atoms with Crippen LogP contribution in [0, 0.1) is 0 Å². The molecule has 2 nitrogen and oxygen atoms in total. The van der Waals surface area contributed by atoms with E-state index in [0.717, 1.165) is 11.8 Å². The second kappa shape index (κ2) is 4.05. The lowest BCUT2D eigenvalue weighted by Gasteiger charge is -2.24. The van der Waals surface area contributed by atoms with Crippen molar-refractivity contribution in [1.29, 1.82) is 0 Å². The van der Waals surface area contributed by atoms with Gasteiger partial charge in [0.15, 0.2) is 0 Å². The topological polar surface area (TPSA) is 15.6 Å². The van der Waals surface area contributed by atoms with Gasteiger partial charge in [0.2, 0.25) is 0 Å². The molecule has 0 saturated heterocycles. The summed E-state index contributed by atoms with van der Waals surface area (Å²) in [7, 11) is 0. The Morgan fingerprint density at radius 3 is 3.00 bits per heavy atom. The highest BCUT2D eigenvalue weighted by atomic mass is 32.2. The molecule has 1 atom stereocenters. The van der Waals surface area contributed by atoms with Crippen molar-refractivity contribution in [3.8, 4) is 0 Å². The molecule has 0 radical (unpaired) electrons. The normalized spacial score (nSPS) is 16.6. The Morgan fingerprint density at radius 1 is 1.43 bits per heavy atom. The first-order chi connectivity index (χ1) is 6.81. The van der Waals surface area contributed by atoms with E-state index in [4.69, 9.17) is 0 Å². The molecule has 1 aliphatic heterocycles. The Balaban J connectivity index is 2.38. The predicted octanol–water partition coefficient (Wildman–Crippen LogP) is 1.72. The van der Waals surface area contributed by atoms with Gasteiger partial charge in [0.05, 0.1) is 17.5 Å². The van der Waals surface area contributed by atoms with E-state index in [1.54, 1.807) is 12.1 Å². The van der Waals surface area contributed by atoms with Crippen LogP contribution < -0.4 is 10.6 Å². The third-order valence-corrected chi connectivity index (χ3v) is 3.39. The van der Waals surface area contributed by atoms with Gasteiger partial charge in [0.25, 0.3) is 0 Å². The minimum absolute atomic E-state index is 0.539. The molecule has 1 aromatic carbocycles. The van der Waals surface area contributed by atoms with Gasteiger partial charge in [-0.1, -0.05) is 25.1 Å². The van der Waals surface area contributed by atoms with Crippen LogP contribution in [-0.2, 0) is 0 Å². The van der Waals surface area contributed by atoms with Crippen molar-refractivity contribution in [2.75, 3.05) is 0 Å². The number of rotatable bonds is 2. The van der Waals surface area contributed by atoms with Gasteiger partial charge in [-0.3, -0.25) is 0 Å². The molecule has 74 valence electrons. The lowest BCUT2D eigenvalue weighted by atomic mass is 10.2. The van der Waals surface area contributed by atoms with Gasteiger partial charge in [-0.2, -0.15) is 4.40 Å². The molecule has 0 aliphatic carbocycles. The summed E-state index contributed by atoms with van der Waals surface area (Å²) >= 11 is 1.54. The first-order valence-electron chi connectivity index (χ1n) is 4.91. The van der Waals surface area contributed by atoms with E-state index in [-0.39, 0.29) is 0 Å². The highest BCUT2D eigenvalue weighted by molar-refractivity contribution is 7.95. The Kier molecular flexibility index (Phi) is 2.77. The molecule has 0 aromatic heterocycles. The van der Waals surface area contributed by atoms with Crippen molar-refractivity contribution in [3.05, 3.63) is 34.8 Å². The molecule has 1 unspecified atom stereocenters. The van der Waals surface area contributed by atoms with Crippen molar-refractivity contribution in [2.45, 2.75) is 26.3 Å². The fourth-order valence-electron chi connectivity index (χ4n) is 1.32. The summed E-state index contributed by atoms with van der Waals surface area (Å²) in [6.45, 7) is 4.41. The zero-order chi connectivity index (χ0) is 9.97. The molecule has 3 heteroatoms. The van der Waals surface area contributed by atoms with Crippen LogP contribution in [0.3, 0.4) is 0 Å². The molecule has 0 fully saturated rings.